The van der Waals surface area contributed by atoms with Crippen LogP contribution in [0.25, 0.3) is 11.1 Å². The zero-order chi connectivity index (χ0) is 30.3. The highest BCUT2D eigenvalue weighted by atomic mass is 16.5. The van der Waals surface area contributed by atoms with E-state index in [2.05, 4.69) is 12.1 Å². The van der Waals surface area contributed by atoms with Gasteiger partial charge in [-0.05, 0) is 94.0 Å². The Bertz CT molecular complexity index is 1930. The maximum Gasteiger partial charge on any atom is 0.335 e. The molecule has 0 bridgehead atoms. The van der Waals surface area contributed by atoms with Gasteiger partial charge in [-0.25, -0.2) is 4.79 Å². The number of fused-ring (bicyclic) bond motifs is 3. The summed E-state index contributed by atoms with van der Waals surface area (Å²) in [5.74, 6) is 1.44. The van der Waals surface area contributed by atoms with Crippen molar-refractivity contribution >= 4 is 17.3 Å². The summed E-state index contributed by atoms with van der Waals surface area (Å²) in [6.45, 7) is 0. The Labute approximate surface area is 254 Å². The average Bonchev–Trinajstić information content (AvgIpc) is 3.34. The number of para-hydroxylation sites is 4. The van der Waals surface area contributed by atoms with E-state index in [1.165, 1.54) is 0 Å². The van der Waals surface area contributed by atoms with Crippen LogP contribution in [0.4, 0.5) is 11.4 Å². The third-order valence-electron chi connectivity index (χ3n) is 8.16. The molecule has 0 saturated carbocycles. The van der Waals surface area contributed by atoms with Gasteiger partial charge in [-0.15, -0.1) is 0 Å². The first kappa shape index (κ1) is 26.9. The molecule has 0 aromatic heterocycles. The quantitative estimate of drug-likeness (QED) is 0.164. The summed E-state index contributed by atoms with van der Waals surface area (Å²) in [5.41, 5.74) is 18.6. The molecule has 0 atom stereocenters. The molecule has 5 N–H and O–H groups in total. The topological polar surface area (TPSA) is 108 Å². The minimum absolute atomic E-state index is 0.222. The first-order chi connectivity index (χ1) is 21.4. The molecule has 44 heavy (non-hydrogen) atoms. The lowest BCUT2D eigenvalue weighted by molar-refractivity contribution is 0.0696. The molecule has 7 rings (SSSR count). The van der Waals surface area contributed by atoms with E-state index >= 15 is 0 Å². The van der Waals surface area contributed by atoms with E-state index < -0.39 is 11.4 Å². The van der Waals surface area contributed by atoms with Crippen LogP contribution >= 0.6 is 0 Å². The van der Waals surface area contributed by atoms with E-state index in [-0.39, 0.29) is 5.56 Å². The normalized spacial score (nSPS) is 12.6. The van der Waals surface area contributed by atoms with Crippen LogP contribution in [0.1, 0.15) is 32.6 Å². The van der Waals surface area contributed by atoms with E-state index in [0.717, 1.165) is 33.4 Å². The second-order valence-electron chi connectivity index (χ2n) is 10.7. The molecule has 0 unspecified atom stereocenters. The van der Waals surface area contributed by atoms with Crippen molar-refractivity contribution in [3.8, 4) is 34.1 Å². The lowest BCUT2D eigenvalue weighted by Crippen LogP contribution is -2.28. The minimum atomic E-state index is -0.981. The number of benzene rings is 6. The number of ether oxygens (including phenoxy) is 2. The predicted molar refractivity (Wildman–Crippen MR) is 173 cm³/mol. The molecule has 0 aliphatic heterocycles. The SMILES string of the molecule is Nc1ccccc1Oc1ccc(C2(c3ccc(Oc4ccccc4N)cc3)c3ccccc3-c3ccc(C(=O)O)cc32)cc1. The van der Waals surface area contributed by atoms with Crippen LogP contribution in [0.15, 0.2) is 140 Å². The molecule has 0 heterocycles. The van der Waals surface area contributed by atoms with Gasteiger partial charge in [0.15, 0.2) is 0 Å². The molecular weight excluding hydrogens is 548 g/mol. The predicted octanol–water partition coefficient (Wildman–Crippen LogP) is 8.50. The van der Waals surface area contributed by atoms with E-state index in [4.69, 9.17) is 20.9 Å². The van der Waals surface area contributed by atoms with Gasteiger partial charge < -0.3 is 26.0 Å². The maximum absolute atomic E-state index is 12.2. The second-order valence-corrected chi connectivity index (χ2v) is 10.7. The fourth-order valence-corrected chi connectivity index (χ4v) is 6.15. The van der Waals surface area contributed by atoms with E-state index in [1.807, 2.05) is 103 Å². The third kappa shape index (κ3) is 4.41. The molecule has 6 aromatic carbocycles. The lowest BCUT2D eigenvalue weighted by Gasteiger charge is -2.34. The monoisotopic (exact) mass is 576 g/mol. The van der Waals surface area contributed by atoms with Gasteiger partial charge in [0, 0.05) is 0 Å². The number of hydrogen-bond donors (Lipinski definition) is 3. The first-order valence-electron chi connectivity index (χ1n) is 14.2. The Morgan fingerprint density at radius 2 is 1.02 bits per heavy atom. The van der Waals surface area contributed by atoms with Gasteiger partial charge in [0.05, 0.1) is 22.4 Å². The second kappa shape index (κ2) is 10.7. The molecule has 0 spiro atoms. The first-order valence-corrected chi connectivity index (χ1v) is 14.2. The fraction of sp³-hybridized carbons (Fsp3) is 0.0263. The smallest absolute Gasteiger partial charge is 0.335 e. The number of nitrogen functional groups attached to an aromatic ring is 2. The number of aromatic carboxylic acids is 1. The molecule has 0 radical (unpaired) electrons. The molecule has 1 aliphatic rings. The van der Waals surface area contributed by atoms with Crippen molar-refractivity contribution < 1.29 is 19.4 Å². The lowest BCUT2D eigenvalue weighted by atomic mass is 9.67. The number of carboxylic acids is 1. The number of carbonyl (C=O) groups is 1. The van der Waals surface area contributed by atoms with Crippen LogP contribution in [0.2, 0.25) is 0 Å². The van der Waals surface area contributed by atoms with Gasteiger partial charge in [0.1, 0.15) is 23.0 Å². The number of carboxylic acid groups (broad SMARTS) is 1. The highest BCUT2D eigenvalue weighted by Gasteiger charge is 2.46. The Morgan fingerprint density at radius 3 is 1.55 bits per heavy atom. The van der Waals surface area contributed by atoms with Crippen molar-refractivity contribution in [3.05, 3.63) is 167 Å². The van der Waals surface area contributed by atoms with E-state index in [1.54, 1.807) is 24.3 Å². The molecule has 0 amide bonds. The van der Waals surface area contributed by atoms with Crippen LogP contribution in [0, 0.1) is 0 Å². The molecule has 214 valence electrons. The summed E-state index contributed by atoms with van der Waals surface area (Å²) in [6, 6.07) is 44.1. The van der Waals surface area contributed by atoms with Crippen molar-refractivity contribution in [2.45, 2.75) is 5.41 Å². The summed E-state index contributed by atoms with van der Waals surface area (Å²) in [7, 11) is 0. The van der Waals surface area contributed by atoms with Crippen LogP contribution in [-0.2, 0) is 5.41 Å². The number of rotatable bonds is 7. The Morgan fingerprint density at radius 1 is 0.545 bits per heavy atom. The van der Waals surface area contributed by atoms with Gasteiger partial charge in [-0.2, -0.15) is 0 Å². The zero-order valence-electron chi connectivity index (χ0n) is 23.6. The number of anilines is 2. The summed E-state index contributed by atoms with van der Waals surface area (Å²) in [4.78, 5) is 12.2. The minimum Gasteiger partial charge on any atom is -0.478 e. The summed E-state index contributed by atoms with van der Waals surface area (Å²) in [5, 5.41) is 9.99. The molecule has 0 saturated heterocycles. The number of hydrogen-bond acceptors (Lipinski definition) is 5. The molecular formula is C38H28N2O4. The average molecular weight is 577 g/mol. The van der Waals surface area contributed by atoms with Crippen molar-refractivity contribution in [1.29, 1.82) is 0 Å². The standard InChI is InChI=1S/C38H28N2O4/c39-33-9-3-5-11-35(33)43-27-18-14-25(15-19-27)38(26-16-20-28(21-17-26)44-36-12-6-4-10-34(36)40)31-8-2-1-7-29(31)30-22-13-24(37(41)42)23-32(30)38/h1-23H,39-40H2,(H,41,42). The fourth-order valence-electron chi connectivity index (χ4n) is 6.15. The molecule has 6 nitrogen and oxygen atoms in total. The Balaban J connectivity index is 1.40. The largest absolute Gasteiger partial charge is 0.478 e. The van der Waals surface area contributed by atoms with Crippen molar-refractivity contribution in [2.75, 3.05) is 11.5 Å². The van der Waals surface area contributed by atoms with Crippen molar-refractivity contribution in [2.24, 2.45) is 0 Å². The molecule has 0 fully saturated rings. The summed E-state index contributed by atoms with van der Waals surface area (Å²) < 4.78 is 12.2. The van der Waals surface area contributed by atoms with Crippen molar-refractivity contribution in [3.63, 3.8) is 0 Å². The van der Waals surface area contributed by atoms with E-state index in [0.29, 0.717) is 34.4 Å². The highest BCUT2D eigenvalue weighted by Crippen LogP contribution is 2.56. The Hall–Kier alpha value is -6.01. The summed E-state index contributed by atoms with van der Waals surface area (Å²) >= 11 is 0. The van der Waals surface area contributed by atoms with Gasteiger partial charge in [-0.3, -0.25) is 0 Å². The Kier molecular flexibility index (Phi) is 6.52. The van der Waals surface area contributed by atoms with E-state index in [9.17, 15) is 9.90 Å². The van der Waals surface area contributed by atoms with Crippen LogP contribution in [0.5, 0.6) is 23.0 Å². The van der Waals surface area contributed by atoms with Crippen LogP contribution in [-0.4, -0.2) is 11.1 Å². The number of nitrogens with two attached hydrogens (primary N) is 2. The highest BCUT2D eigenvalue weighted by molar-refractivity contribution is 5.93. The molecule has 1 aliphatic carbocycles. The van der Waals surface area contributed by atoms with Crippen LogP contribution in [0.3, 0.4) is 0 Å². The van der Waals surface area contributed by atoms with Gasteiger partial charge >= 0.3 is 5.97 Å². The van der Waals surface area contributed by atoms with Gasteiger partial charge in [-0.1, -0.05) is 78.9 Å². The summed E-state index contributed by atoms with van der Waals surface area (Å²) in [6.07, 6.45) is 0. The molecule has 6 heteroatoms. The van der Waals surface area contributed by atoms with Crippen LogP contribution < -0.4 is 20.9 Å². The molecule has 6 aromatic rings. The third-order valence-corrected chi connectivity index (χ3v) is 8.16. The maximum atomic E-state index is 12.2. The zero-order valence-corrected chi connectivity index (χ0v) is 23.6. The van der Waals surface area contributed by atoms with Crippen molar-refractivity contribution in [1.82, 2.24) is 0 Å². The van der Waals surface area contributed by atoms with Gasteiger partial charge in [0.25, 0.3) is 0 Å². The van der Waals surface area contributed by atoms with Gasteiger partial charge in [0.2, 0.25) is 0 Å².